The second kappa shape index (κ2) is 4.61. The first-order chi connectivity index (χ1) is 9.82. The molecule has 1 saturated heterocycles. The van der Waals surface area contributed by atoms with Crippen LogP contribution in [0.3, 0.4) is 0 Å². The lowest BCUT2D eigenvalue weighted by atomic mass is 9.89. The quantitative estimate of drug-likeness (QED) is 0.760. The number of rotatable bonds is 2. The number of nitrogens with two attached hydrogens (primary N) is 1. The molecule has 0 radical (unpaired) electrons. The number of nitrogens with zero attached hydrogens (tertiary/aromatic N) is 1. The molecule has 6 nitrogen and oxygen atoms in total. The second-order valence-electron chi connectivity index (χ2n) is 5.88. The highest BCUT2D eigenvalue weighted by atomic mass is 35.5. The van der Waals surface area contributed by atoms with E-state index in [0.717, 1.165) is 5.69 Å². The van der Waals surface area contributed by atoms with Crippen LogP contribution in [-0.4, -0.2) is 30.0 Å². The van der Waals surface area contributed by atoms with E-state index in [4.69, 9.17) is 17.3 Å². The van der Waals surface area contributed by atoms with Gasteiger partial charge in [0.2, 0.25) is 5.91 Å². The third kappa shape index (κ3) is 2.15. The predicted octanol–water partition coefficient (Wildman–Crippen LogP) is 1.03. The number of benzene rings is 1. The number of carbonyl (C=O) groups excluding carboxylic acids is 2. The Bertz CT molecular complexity index is 649. The summed E-state index contributed by atoms with van der Waals surface area (Å²) < 4.78 is 0. The maximum absolute atomic E-state index is 11.5. The van der Waals surface area contributed by atoms with Gasteiger partial charge in [-0.1, -0.05) is 11.6 Å². The molecule has 0 spiro atoms. The first-order valence-corrected chi connectivity index (χ1v) is 7.07. The van der Waals surface area contributed by atoms with Gasteiger partial charge in [0.25, 0.3) is 5.91 Å². The smallest absolute Gasteiger partial charge is 0.257 e. The molecule has 4 N–H and O–H groups in total. The van der Waals surface area contributed by atoms with E-state index in [1.807, 2.05) is 11.8 Å². The van der Waals surface area contributed by atoms with Crippen LogP contribution in [-0.2, 0) is 9.59 Å². The zero-order valence-corrected chi connectivity index (χ0v) is 12.3. The summed E-state index contributed by atoms with van der Waals surface area (Å²) in [4.78, 5) is 25.0. The van der Waals surface area contributed by atoms with Crippen molar-refractivity contribution in [3.05, 3.63) is 22.7 Å². The molecule has 2 unspecified atom stereocenters. The highest BCUT2D eigenvalue weighted by molar-refractivity contribution is 6.33. The Morgan fingerprint density at radius 2 is 2.29 bits per heavy atom. The fourth-order valence-electron chi connectivity index (χ4n) is 2.86. The fraction of sp³-hybridized carbons (Fsp3) is 0.429. The van der Waals surface area contributed by atoms with Crippen LogP contribution in [0, 0.1) is 5.41 Å². The summed E-state index contributed by atoms with van der Waals surface area (Å²) in [6.07, 6.45) is -0.522. The van der Waals surface area contributed by atoms with E-state index < -0.39 is 17.4 Å². The Balaban J connectivity index is 1.94. The maximum Gasteiger partial charge on any atom is 0.257 e. The molecule has 7 heteroatoms. The van der Waals surface area contributed by atoms with Crippen LogP contribution in [0.1, 0.15) is 25.0 Å². The van der Waals surface area contributed by atoms with Crippen LogP contribution in [0.25, 0.3) is 0 Å². The van der Waals surface area contributed by atoms with Crippen molar-refractivity contribution in [1.29, 1.82) is 0 Å². The van der Waals surface area contributed by atoms with Crippen molar-refractivity contribution in [2.24, 2.45) is 11.1 Å². The zero-order chi connectivity index (χ0) is 15.4. The lowest BCUT2D eigenvalue weighted by molar-refractivity contribution is -0.125. The number of aliphatic hydroxyl groups excluding tert-OH is 1. The van der Waals surface area contributed by atoms with Crippen molar-refractivity contribution >= 4 is 34.8 Å². The van der Waals surface area contributed by atoms with E-state index in [0.29, 0.717) is 35.8 Å². The molecule has 2 aliphatic heterocycles. The normalized spacial score (nSPS) is 27.7. The average molecular weight is 310 g/mol. The van der Waals surface area contributed by atoms with Gasteiger partial charge >= 0.3 is 0 Å². The molecule has 0 aliphatic carbocycles. The number of aliphatic hydroxyl groups is 1. The Labute approximate surface area is 126 Å². The summed E-state index contributed by atoms with van der Waals surface area (Å²) >= 11 is 6.27. The maximum atomic E-state index is 11.5. The molecule has 1 fully saturated rings. The van der Waals surface area contributed by atoms with Gasteiger partial charge in [-0.25, -0.2) is 0 Å². The van der Waals surface area contributed by atoms with Crippen molar-refractivity contribution in [2.45, 2.75) is 19.4 Å². The molecule has 0 bridgehead atoms. The molecule has 2 heterocycles. The number of halogens is 1. The molecule has 2 atom stereocenters. The van der Waals surface area contributed by atoms with E-state index in [1.165, 1.54) is 0 Å². The summed E-state index contributed by atoms with van der Waals surface area (Å²) in [7, 11) is 0. The van der Waals surface area contributed by atoms with Crippen molar-refractivity contribution in [3.63, 3.8) is 0 Å². The van der Waals surface area contributed by atoms with Gasteiger partial charge in [-0.2, -0.15) is 0 Å². The average Bonchev–Trinajstić information content (AvgIpc) is 2.94. The fourth-order valence-corrected chi connectivity index (χ4v) is 3.16. The van der Waals surface area contributed by atoms with Gasteiger partial charge in [0.15, 0.2) is 6.10 Å². The van der Waals surface area contributed by atoms with E-state index in [1.54, 1.807) is 12.1 Å². The Hall–Kier alpha value is -1.79. The first-order valence-electron chi connectivity index (χ1n) is 6.69. The van der Waals surface area contributed by atoms with Crippen molar-refractivity contribution in [1.82, 2.24) is 0 Å². The molecule has 2 aliphatic rings. The van der Waals surface area contributed by atoms with E-state index >= 15 is 0 Å². The van der Waals surface area contributed by atoms with Crippen LogP contribution in [0.4, 0.5) is 11.4 Å². The molecule has 1 aromatic carbocycles. The molecule has 0 aromatic heterocycles. The van der Waals surface area contributed by atoms with Crippen LogP contribution in [0.15, 0.2) is 12.1 Å². The van der Waals surface area contributed by atoms with Gasteiger partial charge in [0.1, 0.15) is 0 Å². The van der Waals surface area contributed by atoms with E-state index in [2.05, 4.69) is 5.32 Å². The molecule has 2 amide bonds. The number of hydrogen-bond donors (Lipinski definition) is 3. The topological polar surface area (TPSA) is 95.7 Å². The third-order valence-corrected chi connectivity index (χ3v) is 4.63. The van der Waals surface area contributed by atoms with Crippen molar-refractivity contribution < 1.29 is 14.7 Å². The minimum Gasteiger partial charge on any atom is -0.378 e. The summed E-state index contributed by atoms with van der Waals surface area (Å²) in [5.41, 5.74) is 6.63. The monoisotopic (exact) mass is 309 g/mol. The number of amides is 2. The van der Waals surface area contributed by atoms with Crippen LogP contribution in [0.2, 0.25) is 5.02 Å². The van der Waals surface area contributed by atoms with Gasteiger partial charge in [-0.15, -0.1) is 0 Å². The number of primary amides is 1. The summed E-state index contributed by atoms with van der Waals surface area (Å²) in [5, 5.41) is 12.8. The number of hydrogen-bond acceptors (Lipinski definition) is 4. The molecule has 0 saturated carbocycles. The van der Waals surface area contributed by atoms with Crippen molar-refractivity contribution in [2.75, 3.05) is 23.3 Å². The molecule has 3 rings (SSSR count). The predicted molar refractivity (Wildman–Crippen MR) is 79.2 cm³/mol. The van der Waals surface area contributed by atoms with Crippen molar-refractivity contribution in [3.8, 4) is 0 Å². The Morgan fingerprint density at radius 1 is 1.57 bits per heavy atom. The highest BCUT2D eigenvalue weighted by Gasteiger charge is 2.40. The van der Waals surface area contributed by atoms with Crippen LogP contribution < -0.4 is 16.0 Å². The molecule has 112 valence electrons. The lowest BCUT2D eigenvalue weighted by Crippen LogP contribution is -2.37. The number of anilines is 2. The zero-order valence-electron chi connectivity index (χ0n) is 11.5. The lowest BCUT2D eigenvalue weighted by Gasteiger charge is -2.24. The van der Waals surface area contributed by atoms with E-state index in [9.17, 15) is 14.7 Å². The molecule has 21 heavy (non-hydrogen) atoms. The third-order valence-electron chi connectivity index (χ3n) is 4.33. The number of nitrogens with one attached hydrogen (secondary N) is 1. The first kappa shape index (κ1) is 14.2. The van der Waals surface area contributed by atoms with E-state index in [-0.39, 0.29) is 5.91 Å². The summed E-state index contributed by atoms with van der Waals surface area (Å²) in [6, 6.07) is 3.33. The Morgan fingerprint density at radius 3 is 2.90 bits per heavy atom. The second-order valence-corrected chi connectivity index (χ2v) is 6.29. The number of carbonyl (C=O) groups is 2. The van der Waals surface area contributed by atoms with Gasteiger partial charge in [0.05, 0.1) is 16.1 Å². The van der Waals surface area contributed by atoms with Gasteiger partial charge in [0, 0.05) is 24.3 Å². The van der Waals surface area contributed by atoms with Crippen LogP contribution >= 0.6 is 11.6 Å². The number of fused-ring (bicyclic) bond motifs is 1. The SMILES string of the molecule is CC1(C(N)=O)CCN(c2cc3c(cc2Cl)C(O)C(=O)N3)C1. The summed E-state index contributed by atoms with van der Waals surface area (Å²) in [5.74, 6) is -0.785. The van der Waals surface area contributed by atoms with Crippen LogP contribution in [0.5, 0.6) is 0 Å². The standard InChI is InChI=1S/C14H16ClN3O3/c1-14(13(16)21)2-3-18(6-14)10-5-9-7(4-8(10)15)11(19)12(20)17-9/h4-5,11,19H,2-3,6H2,1H3,(H2,16,21)(H,17,20). The minimum atomic E-state index is -1.18. The van der Waals surface area contributed by atoms with Gasteiger partial charge in [-0.05, 0) is 25.5 Å². The highest BCUT2D eigenvalue weighted by Crippen LogP contribution is 2.42. The largest absolute Gasteiger partial charge is 0.378 e. The van der Waals surface area contributed by atoms with Gasteiger partial charge in [-0.3, -0.25) is 9.59 Å². The minimum absolute atomic E-state index is 0.328. The molecular weight excluding hydrogens is 294 g/mol. The molecule has 1 aromatic rings. The summed E-state index contributed by atoms with van der Waals surface area (Å²) in [6.45, 7) is 2.98. The van der Waals surface area contributed by atoms with Gasteiger partial charge < -0.3 is 21.1 Å². The molecular formula is C14H16ClN3O3. The Kier molecular flexibility index (Phi) is 3.11.